The van der Waals surface area contributed by atoms with E-state index in [4.69, 9.17) is 9.26 Å². The van der Waals surface area contributed by atoms with Crippen LogP contribution in [0.2, 0.25) is 0 Å². The fourth-order valence-electron chi connectivity index (χ4n) is 2.36. The molecule has 2 aromatic rings. The summed E-state index contributed by atoms with van der Waals surface area (Å²) in [6.45, 7) is 2.67. The summed E-state index contributed by atoms with van der Waals surface area (Å²) in [4.78, 5) is 16.0. The lowest BCUT2D eigenvalue weighted by Crippen LogP contribution is -2.37. The summed E-state index contributed by atoms with van der Waals surface area (Å²) in [5.41, 5.74) is 0.646. The highest BCUT2D eigenvalue weighted by molar-refractivity contribution is 5.48. The number of pyridine rings is 1. The summed E-state index contributed by atoms with van der Waals surface area (Å²) in [5.74, 6) is 0.0613. The molecule has 0 bridgehead atoms. The monoisotopic (exact) mass is 261 g/mol. The van der Waals surface area contributed by atoms with Gasteiger partial charge in [-0.3, -0.25) is 14.1 Å². The lowest BCUT2D eigenvalue weighted by molar-refractivity contribution is -0.0207. The van der Waals surface area contributed by atoms with Crippen molar-refractivity contribution in [3.63, 3.8) is 0 Å². The highest BCUT2D eigenvalue weighted by Gasteiger charge is 2.34. The van der Waals surface area contributed by atoms with Gasteiger partial charge in [0.15, 0.2) is 0 Å². The third-order valence-electron chi connectivity index (χ3n) is 3.37. The van der Waals surface area contributed by atoms with E-state index >= 15 is 0 Å². The molecule has 6 heteroatoms. The van der Waals surface area contributed by atoms with Gasteiger partial charge < -0.3 is 4.74 Å². The smallest absolute Gasteiger partial charge is 0.378 e. The van der Waals surface area contributed by atoms with E-state index in [1.807, 2.05) is 25.1 Å². The first kappa shape index (κ1) is 12.1. The van der Waals surface area contributed by atoms with E-state index in [0.717, 1.165) is 12.8 Å². The van der Waals surface area contributed by atoms with Crippen molar-refractivity contribution >= 4 is 0 Å². The molecule has 1 aliphatic carbocycles. The zero-order valence-electron chi connectivity index (χ0n) is 10.7. The van der Waals surface area contributed by atoms with Gasteiger partial charge in [-0.2, -0.15) is 0 Å². The average molecular weight is 261 g/mol. The fraction of sp³-hybridized carbons (Fsp3) is 0.462. The Morgan fingerprint density at radius 3 is 3.00 bits per heavy atom. The quantitative estimate of drug-likeness (QED) is 0.836. The van der Waals surface area contributed by atoms with E-state index < -0.39 is 5.76 Å². The van der Waals surface area contributed by atoms with Gasteiger partial charge in [-0.05, 0) is 31.9 Å². The van der Waals surface area contributed by atoms with Gasteiger partial charge >= 0.3 is 5.76 Å². The van der Waals surface area contributed by atoms with E-state index in [9.17, 15) is 4.79 Å². The standard InChI is InChI=1S/C13H15N3O3/c1-2-18-10-7-9(8-10)16-12(15-19-13(16)17)11-5-3-4-6-14-11/h3-6,9-10H,2,7-8H2,1H3. The van der Waals surface area contributed by atoms with Crippen molar-refractivity contribution in [2.45, 2.75) is 31.9 Å². The summed E-state index contributed by atoms with van der Waals surface area (Å²) >= 11 is 0. The Morgan fingerprint density at radius 1 is 1.47 bits per heavy atom. The second-order valence-corrected chi connectivity index (χ2v) is 4.56. The molecule has 0 aliphatic heterocycles. The second-order valence-electron chi connectivity index (χ2n) is 4.56. The van der Waals surface area contributed by atoms with Gasteiger partial charge in [0, 0.05) is 18.8 Å². The van der Waals surface area contributed by atoms with Crippen LogP contribution in [0.4, 0.5) is 0 Å². The summed E-state index contributed by atoms with van der Waals surface area (Å²) in [6, 6.07) is 5.58. The average Bonchev–Trinajstić information content (AvgIpc) is 2.76. The minimum absolute atomic E-state index is 0.0901. The molecule has 2 heterocycles. The Kier molecular flexibility index (Phi) is 3.16. The third-order valence-corrected chi connectivity index (χ3v) is 3.37. The number of hydrogen-bond acceptors (Lipinski definition) is 5. The van der Waals surface area contributed by atoms with Crippen molar-refractivity contribution in [2.75, 3.05) is 6.61 Å². The Hall–Kier alpha value is -1.95. The van der Waals surface area contributed by atoms with Gasteiger partial charge in [-0.1, -0.05) is 11.2 Å². The molecule has 0 radical (unpaired) electrons. The van der Waals surface area contributed by atoms with Crippen LogP contribution in [0, 0.1) is 0 Å². The highest BCUT2D eigenvalue weighted by Crippen LogP contribution is 2.35. The van der Waals surface area contributed by atoms with Crippen LogP contribution < -0.4 is 5.76 Å². The normalized spacial score (nSPS) is 22.2. The van der Waals surface area contributed by atoms with Crippen molar-refractivity contribution in [3.05, 3.63) is 34.9 Å². The number of ether oxygens (including phenoxy) is 1. The summed E-state index contributed by atoms with van der Waals surface area (Å²) < 4.78 is 11.9. The largest absolute Gasteiger partial charge is 0.442 e. The fourth-order valence-corrected chi connectivity index (χ4v) is 2.36. The minimum Gasteiger partial charge on any atom is -0.378 e. The molecule has 0 saturated heterocycles. The summed E-state index contributed by atoms with van der Waals surface area (Å²) in [5, 5.41) is 3.83. The first-order valence-electron chi connectivity index (χ1n) is 6.40. The maximum atomic E-state index is 11.8. The van der Waals surface area contributed by atoms with E-state index in [-0.39, 0.29) is 12.1 Å². The van der Waals surface area contributed by atoms with E-state index in [2.05, 4.69) is 10.1 Å². The van der Waals surface area contributed by atoms with Gasteiger partial charge in [0.2, 0.25) is 5.82 Å². The molecule has 1 aliphatic rings. The van der Waals surface area contributed by atoms with Crippen LogP contribution in [0.25, 0.3) is 11.5 Å². The molecule has 0 aromatic carbocycles. The molecule has 3 rings (SSSR count). The maximum Gasteiger partial charge on any atom is 0.442 e. The Balaban J connectivity index is 1.87. The minimum atomic E-state index is -0.430. The molecule has 0 unspecified atom stereocenters. The van der Waals surface area contributed by atoms with Crippen molar-refractivity contribution in [1.82, 2.24) is 14.7 Å². The van der Waals surface area contributed by atoms with E-state index in [0.29, 0.717) is 18.1 Å². The summed E-state index contributed by atoms with van der Waals surface area (Å²) in [6.07, 6.45) is 3.53. The lowest BCUT2D eigenvalue weighted by atomic mass is 9.89. The predicted octanol–water partition coefficient (Wildman–Crippen LogP) is 1.64. The van der Waals surface area contributed by atoms with E-state index in [1.54, 1.807) is 10.8 Å². The Bertz CT molecular complexity index is 599. The molecule has 0 spiro atoms. The highest BCUT2D eigenvalue weighted by atomic mass is 16.5. The van der Waals surface area contributed by atoms with Crippen LogP contribution in [-0.4, -0.2) is 27.4 Å². The van der Waals surface area contributed by atoms with Gasteiger partial charge in [0.05, 0.1) is 6.10 Å². The van der Waals surface area contributed by atoms with Crippen LogP contribution in [0.5, 0.6) is 0 Å². The van der Waals surface area contributed by atoms with Crippen molar-refractivity contribution in [1.29, 1.82) is 0 Å². The molecular formula is C13H15N3O3. The summed E-state index contributed by atoms with van der Waals surface area (Å²) in [7, 11) is 0. The van der Waals surface area contributed by atoms with Crippen molar-refractivity contribution in [2.24, 2.45) is 0 Å². The van der Waals surface area contributed by atoms with Gasteiger partial charge in [0.1, 0.15) is 5.69 Å². The number of aromatic nitrogens is 3. The molecule has 0 amide bonds. The third kappa shape index (κ3) is 2.19. The lowest BCUT2D eigenvalue weighted by Gasteiger charge is -2.35. The van der Waals surface area contributed by atoms with Crippen LogP contribution in [0.15, 0.2) is 33.7 Å². The molecule has 2 aromatic heterocycles. The maximum absolute atomic E-state index is 11.8. The van der Waals surface area contributed by atoms with E-state index in [1.165, 1.54) is 0 Å². The molecule has 19 heavy (non-hydrogen) atoms. The molecule has 1 fully saturated rings. The zero-order chi connectivity index (χ0) is 13.2. The molecule has 1 saturated carbocycles. The van der Waals surface area contributed by atoms with Crippen molar-refractivity contribution < 1.29 is 9.26 Å². The van der Waals surface area contributed by atoms with Crippen LogP contribution in [0.3, 0.4) is 0 Å². The first-order valence-corrected chi connectivity index (χ1v) is 6.40. The van der Waals surface area contributed by atoms with Crippen molar-refractivity contribution in [3.8, 4) is 11.5 Å². The topological polar surface area (TPSA) is 70.2 Å². The molecule has 6 nitrogen and oxygen atoms in total. The molecule has 100 valence electrons. The molecule has 0 N–H and O–H groups in total. The Morgan fingerprint density at radius 2 is 2.32 bits per heavy atom. The van der Waals surface area contributed by atoms with Crippen LogP contribution >= 0.6 is 0 Å². The Labute approximate surface area is 110 Å². The zero-order valence-corrected chi connectivity index (χ0v) is 10.7. The second kappa shape index (κ2) is 4.97. The molecule has 0 atom stereocenters. The van der Waals surface area contributed by atoms with Gasteiger partial charge in [-0.15, -0.1) is 0 Å². The predicted molar refractivity (Wildman–Crippen MR) is 67.7 cm³/mol. The van der Waals surface area contributed by atoms with Crippen LogP contribution in [0.1, 0.15) is 25.8 Å². The number of nitrogens with zero attached hydrogens (tertiary/aromatic N) is 3. The molecular weight excluding hydrogens is 246 g/mol. The van der Waals surface area contributed by atoms with Gasteiger partial charge in [-0.25, -0.2) is 4.79 Å². The number of rotatable bonds is 4. The number of hydrogen-bond donors (Lipinski definition) is 0. The van der Waals surface area contributed by atoms with Gasteiger partial charge in [0.25, 0.3) is 0 Å². The van der Waals surface area contributed by atoms with Crippen LogP contribution in [-0.2, 0) is 4.74 Å². The first-order chi connectivity index (χ1) is 9.29. The SMILES string of the molecule is CCOC1CC(n2c(-c3ccccn3)noc2=O)C1.